The Kier molecular flexibility index (Phi) is 4.18. The van der Waals surface area contributed by atoms with E-state index in [1.54, 1.807) is 0 Å². The third-order valence-electron chi connectivity index (χ3n) is 2.87. The second-order valence-electron chi connectivity index (χ2n) is 3.99. The summed E-state index contributed by atoms with van der Waals surface area (Å²) in [4.78, 5) is 6.46. The minimum atomic E-state index is 0.374. The fourth-order valence-electron chi connectivity index (χ4n) is 2.15. The van der Waals surface area contributed by atoms with Gasteiger partial charge < -0.3 is 9.64 Å². The lowest BCUT2D eigenvalue weighted by Crippen LogP contribution is -2.39. The minimum Gasteiger partial charge on any atom is -0.377 e. The van der Waals surface area contributed by atoms with E-state index in [4.69, 9.17) is 4.74 Å². The molecule has 1 aromatic heterocycles. The van der Waals surface area contributed by atoms with Crippen molar-refractivity contribution >= 4 is 21.6 Å². The molecule has 2 rings (SSSR count). The first-order chi connectivity index (χ1) is 7.81. The van der Waals surface area contributed by atoms with Crippen LogP contribution in [0.15, 0.2) is 22.9 Å². The quantitative estimate of drug-likeness (QED) is 0.854. The second kappa shape index (κ2) is 5.64. The van der Waals surface area contributed by atoms with E-state index in [9.17, 15) is 0 Å². The number of piperidine rings is 1. The number of hydrogen-bond acceptors (Lipinski definition) is 3. The van der Waals surface area contributed by atoms with Crippen LogP contribution in [0.1, 0.15) is 19.8 Å². The molecular weight excluding hydrogens is 268 g/mol. The van der Waals surface area contributed by atoms with Crippen LogP contribution in [0.25, 0.3) is 0 Å². The number of anilines is 1. The van der Waals surface area contributed by atoms with E-state index in [2.05, 4.69) is 38.8 Å². The number of pyridine rings is 1. The highest BCUT2D eigenvalue weighted by Crippen LogP contribution is 2.27. The van der Waals surface area contributed by atoms with Gasteiger partial charge in [-0.05, 0) is 41.8 Å². The Hall–Kier alpha value is -0.610. The molecule has 0 aromatic carbocycles. The van der Waals surface area contributed by atoms with Gasteiger partial charge in [-0.2, -0.15) is 0 Å². The van der Waals surface area contributed by atoms with E-state index in [0.717, 1.165) is 24.2 Å². The van der Waals surface area contributed by atoms with Crippen LogP contribution in [0.2, 0.25) is 0 Å². The van der Waals surface area contributed by atoms with Gasteiger partial charge in [0.2, 0.25) is 0 Å². The zero-order chi connectivity index (χ0) is 11.4. The summed E-state index contributed by atoms with van der Waals surface area (Å²) in [5.74, 6) is 0. The molecule has 0 radical (unpaired) electrons. The molecule has 88 valence electrons. The molecule has 0 aliphatic carbocycles. The summed E-state index contributed by atoms with van der Waals surface area (Å²) in [5.41, 5.74) is 1.22. The molecule has 0 spiro atoms. The number of ether oxygens (including phenoxy) is 1. The van der Waals surface area contributed by atoms with Crippen LogP contribution in [-0.2, 0) is 4.74 Å². The molecule has 1 unspecified atom stereocenters. The fourth-order valence-corrected chi connectivity index (χ4v) is 2.65. The molecule has 1 aliphatic heterocycles. The molecule has 0 amide bonds. The van der Waals surface area contributed by atoms with Crippen molar-refractivity contribution in [1.29, 1.82) is 0 Å². The van der Waals surface area contributed by atoms with E-state index in [1.165, 1.54) is 18.5 Å². The molecule has 1 saturated heterocycles. The second-order valence-corrected chi connectivity index (χ2v) is 4.85. The van der Waals surface area contributed by atoms with Crippen LogP contribution in [0, 0.1) is 0 Å². The van der Waals surface area contributed by atoms with Crippen LogP contribution in [0.5, 0.6) is 0 Å². The highest BCUT2D eigenvalue weighted by atomic mass is 79.9. The summed E-state index contributed by atoms with van der Waals surface area (Å²) in [7, 11) is 0. The van der Waals surface area contributed by atoms with Crippen LogP contribution in [0.3, 0.4) is 0 Å². The molecule has 0 N–H and O–H groups in total. The number of nitrogens with zero attached hydrogens (tertiary/aromatic N) is 2. The summed E-state index contributed by atoms with van der Waals surface area (Å²) in [6.45, 7) is 4.94. The monoisotopic (exact) mass is 284 g/mol. The van der Waals surface area contributed by atoms with Gasteiger partial charge in [0.1, 0.15) is 0 Å². The predicted octanol–water partition coefficient (Wildman–Crippen LogP) is 2.85. The minimum absolute atomic E-state index is 0.374. The maximum Gasteiger partial charge on any atom is 0.0750 e. The molecule has 4 heteroatoms. The maximum absolute atomic E-state index is 5.70. The Morgan fingerprint density at radius 1 is 1.62 bits per heavy atom. The predicted molar refractivity (Wildman–Crippen MR) is 68.8 cm³/mol. The molecule has 1 aliphatic rings. The first-order valence-corrected chi connectivity index (χ1v) is 6.56. The van der Waals surface area contributed by atoms with Crippen molar-refractivity contribution in [1.82, 2.24) is 4.98 Å². The Labute approximate surface area is 105 Å². The normalized spacial score (nSPS) is 21.1. The van der Waals surface area contributed by atoms with Crippen molar-refractivity contribution in [3.63, 3.8) is 0 Å². The molecule has 0 bridgehead atoms. The maximum atomic E-state index is 5.70. The average molecular weight is 285 g/mol. The van der Waals surface area contributed by atoms with Crippen LogP contribution >= 0.6 is 15.9 Å². The van der Waals surface area contributed by atoms with E-state index in [0.29, 0.717) is 6.10 Å². The zero-order valence-corrected chi connectivity index (χ0v) is 11.1. The van der Waals surface area contributed by atoms with Gasteiger partial charge >= 0.3 is 0 Å². The molecule has 0 saturated carbocycles. The van der Waals surface area contributed by atoms with Gasteiger partial charge in [0.05, 0.1) is 16.3 Å². The van der Waals surface area contributed by atoms with E-state index in [-0.39, 0.29) is 0 Å². The zero-order valence-electron chi connectivity index (χ0n) is 9.53. The van der Waals surface area contributed by atoms with Gasteiger partial charge in [-0.3, -0.25) is 4.98 Å². The van der Waals surface area contributed by atoms with E-state index in [1.807, 2.05) is 12.4 Å². The molecule has 2 heterocycles. The van der Waals surface area contributed by atoms with Crippen molar-refractivity contribution in [2.75, 3.05) is 24.6 Å². The summed E-state index contributed by atoms with van der Waals surface area (Å²) in [6, 6.07) is 2.05. The van der Waals surface area contributed by atoms with Gasteiger partial charge in [0.25, 0.3) is 0 Å². The smallest absolute Gasteiger partial charge is 0.0750 e. The van der Waals surface area contributed by atoms with Gasteiger partial charge in [0, 0.05) is 32.1 Å². The van der Waals surface area contributed by atoms with Crippen molar-refractivity contribution in [2.24, 2.45) is 0 Å². The summed E-state index contributed by atoms with van der Waals surface area (Å²) < 4.78 is 6.76. The molecule has 3 nitrogen and oxygen atoms in total. The van der Waals surface area contributed by atoms with Gasteiger partial charge in [0.15, 0.2) is 0 Å². The largest absolute Gasteiger partial charge is 0.377 e. The van der Waals surface area contributed by atoms with Gasteiger partial charge in [-0.15, -0.1) is 0 Å². The molecule has 16 heavy (non-hydrogen) atoms. The lowest BCUT2D eigenvalue weighted by atomic mass is 10.1. The Balaban J connectivity index is 2.07. The van der Waals surface area contributed by atoms with Crippen molar-refractivity contribution < 1.29 is 4.74 Å². The molecule has 1 atom stereocenters. The van der Waals surface area contributed by atoms with Gasteiger partial charge in [-0.25, -0.2) is 0 Å². The average Bonchev–Trinajstić information content (AvgIpc) is 2.30. The van der Waals surface area contributed by atoms with Crippen molar-refractivity contribution in [2.45, 2.75) is 25.9 Å². The Morgan fingerprint density at radius 2 is 2.50 bits per heavy atom. The number of rotatable bonds is 3. The fraction of sp³-hybridized carbons (Fsp3) is 0.583. The van der Waals surface area contributed by atoms with Crippen LogP contribution in [-0.4, -0.2) is 30.8 Å². The number of aromatic nitrogens is 1. The Bertz CT molecular complexity index is 344. The number of halogens is 1. The van der Waals surface area contributed by atoms with Gasteiger partial charge in [-0.1, -0.05) is 0 Å². The summed E-state index contributed by atoms with van der Waals surface area (Å²) in [5, 5.41) is 0. The highest BCUT2D eigenvalue weighted by Gasteiger charge is 2.21. The van der Waals surface area contributed by atoms with Crippen molar-refractivity contribution in [3.05, 3.63) is 22.9 Å². The number of hydrogen-bond donors (Lipinski definition) is 0. The topological polar surface area (TPSA) is 25.4 Å². The first kappa shape index (κ1) is 11.9. The van der Waals surface area contributed by atoms with Crippen LogP contribution < -0.4 is 4.90 Å². The molecule has 1 fully saturated rings. The Morgan fingerprint density at radius 3 is 3.25 bits per heavy atom. The lowest BCUT2D eigenvalue weighted by molar-refractivity contribution is 0.0526. The van der Waals surface area contributed by atoms with E-state index >= 15 is 0 Å². The first-order valence-electron chi connectivity index (χ1n) is 5.77. The SMILES string of the molecule is CCOC1CCCN(c2ccncc2Br)C1. The molecule has 1 aromatic rings. The highest BCUT2D eigenvalue weighted by molar-refractivity contribution is 9.10. The third kappa shape index (κ3) is 2.74. The van der Waals surface area contributed by atoms with Crippen molar-refractivity contribution in [3.8, 4) is 0 Å². The summed E-state index contributed by atoms with van der Waals surface area (Å²) >= 11 is 3.55. The molecular formula is C12H17BrN2O. The third-order valence-corrected chi connectivity index (χ3v) is 3.48. The standard InChI is InChI=1S/C12H17BrN2O/c1-2-16-10-4-3-7-15(9-10)12-5-6-14-8-11(12)13/h5-6,8,10H,2-4,7,9H2,1H3. The van der Waals surface area contributed by atoms with E-state index < -0.39 is 0 Å². The summed E-state index contributed by atoms with van der Waals surface area (Å²) in [6.07, 6.45) is 6.43. The van der Waals surface area contributed by atoms with Crippen LogP contribution in [0.4, 0.5) is 5.69 Å². The lowest BCUT2D eigenvalue weighted by Gasteiger charge is -2.34.